The molecule has 0 atom stereocenters. The summed E-state index contributed by atoms with van der Waals surface area (Å²) in [5, 5.41) is 11.5. The molecule has 1 saturated heterocycles. The fourth-order valence-electron chi connectivity index (χ4n) is 2.70. The highest BCUT2D eigenvalue weighted by molar-refractivity contribution is 5.94. The van der Waals surface area contributed by atoms with Gasteiger partial charge in [-0.1, -0.05) is 0 Å². The Kier molecular flexibility index (Phi) is 6.40. The highest BCUT2D eigenvalue weighted by atomic mass is 16.5. The Morgan fingerprint density at radius 2 is 1.91 bits per heavy atom. The van der Waals surface area contributed by atoms with Gasteiger partial charge in [0.25, 0.3) is 5.91 Å². The fourth-order valence-corrected chi connectivity index (χ4v) is 2.70. The number of hydrogen-bond donors (Lipinski definition) is 2. The van der Waals surface area contributed by atoms with E-state index in [1.807, 2.05) is 0 Å². The van der Waals surface area contributed by atoms with Gasteiger partial charge in [-0.2, -0.15) is 0 Å². The van der Waals surface area contributed by atoms with Gasteiger partial charge < -0.3 is 20.1 Å². The number of methoxy groups -OCH3 is 1. The lowest BCUT2D eigenvalue weighted by Gasteiger charge is -2.31. The van der Waals surface area contributed by atoms with Crippen LogP contribution >= 0.6 is 0 Å². The first-order valence-corrected chi connectivity index (χ1v) is 7.97. The molecule has 0 radical (unpaired) electrons. The second kappa shape index (κ2) is 8.53. The number of nitrogens with zero attached hydrogens (tertiary/aromatic N) is 1. The maximum Gasteiger partial charge on any atom is 0.253 e. The van der Waals surface area contributed by atoms with Crippen molar-refractivity contribution >= 4 is 11.8 Å². The minimum Gasteiger partial charge on any atom is -0.497 e. The van der Waals surface area contributed by atoms with E-state index < -0.39 is 0 Å². The standard InChI is InChI=1S/C17H24N2O4/c1-23-15-5-3-14(4-6-15)17(22)19-10-7-13(8-11-19)16(21)18-9-2-12-20/h3-6,13,20H,2,7-12H2,1H3,(H,18,21). The smallest absolute Gasteiger partial charge is 0.253 e. The Balaban J connectivity index is 1.83. The van der Waals surface area contributed by atoms with Gasteiger partial charge in [-0.25, -0.2) is 0 Å². The Labute approximate surface area is 136 Å². The number of amides is 2. The van der Waals surface area contributed by atoms with Crippen molar-refractivity contribution in [2.45, 2.75) is 19.3 Å². The highest BCUT2D eigenvalue weighted by Crippen LogP contribution is 2.20. The average molecular weight is 320 g/mol. The number of likely N-dealkylation sites (tertiary alicyclic amines) is 1. The van der Waals surface area contributed by atoms with Gasteiger partial charge >= 0.3 is 0 Å². The summed E-state index contributed by atoms with van der Waals surface area (Å²) in [4.78, 5) is 26.2. The van der Waals surface area contributed by atoms with Gasteiger partial charge in [0.2, 0.25) is 5.91 Å². The second-order valence-corrected chi connectivity index (χ2v) is 5.66. The third kappa shape index (κ3) is 4.69. The van der Waals surface area contributed by atoms with Crippen molar-refractivity contribution in [2.75, 3.05) is 33.4 Å². The van der Waals surface area contributed by atoms with Crippen LogP contribution in [0.5, 0.6) is 5.75 Å². The molecule has 0 unspecified atom stereocenters. The summed E-state index contributed by atoms with van der Waals surface area (Å²) < 4.78 is 5.09. The topological polar surface area (TPSA) is 78.9 Å². The number of ether oxygens (including phenoxy) is 1. The van der Waals surface area contributed by atoms with Crippen LogP contribution in [-0.4, -0.2) is 55.2 Å². The van der Waals surface area contributed by atoms with Crippen LogP contribution < -0.4 is 10.1 Å². The molecule has 6 heteroatoms. The molecule has 23 heavy (non-hydrogen) atoms. The van der Waals surface area contributed by atoms with E-state index in [0.29, 0.717) is 44.5 Å². The van der Waals surface area contributed by atoms with Crippen molar-refractivity contribution < 1.29 is 19.4 Å². The van der Waals surface area contributed by atoms with Gasteiger partial charge in [0, 0.05) is 37.7 Å². The van der Waals surface area contributed by atoms with E-state index in [9.17, 15) is 9.59 Å². The summed E-state index contributed by atoms with van der Waals surface area (Å²) in [6.07, 6.45) is 1.92. The van der Waals surface area contributed by atoms with Crippen LogP contribution in [0.15, 0.2) is 24.3 Å². The minimum absolute atomic E-state index is 0.00760. The second-order valence-electron chi connectivity index (χ2n) is 5.66. The normalized spacial score (nSPS) is 15.3. The van der Waals surface area contributed by atoms with Crippen molar-refractivity contribution in [1.29, 1.82) is 0 Å². The predicted molar refractivity (Wildman–Crippen MR) is 86.3 cm³/mol. The molecule has 1 aromatic rings. The van der Waals surface area contributed by atoms with Crippen LogP contribution in [0.25, 0.3) is 0 Å². The molecule has 1 fully saturated rings. The van der Waals surface area contributed by atoms with E-state index in [0.717, 1.165) is 5.75 Å². The quantitative estimate of drug-likeness (QED) is 0.768. The zero-order chi connectivity index (χ0) is 16.7. The van der Waals surface area contributed by atoms with Gasteiger partial charge in [0.05, 0.1) is 7.11 Å². The summed E-state index contributed by atoms with van der Waals surface area (Å²) in [6, 6.07) is 7.06. The van der Waals surface area contributed by atoms with Crippen LogP contribution in [0.3, 0.4) is 0 Å². The summed E-state index contributed by atoms with van der Waals surface area (Å²) in [5.41, 5.74) is 0.636. The molecule has 126 valence electrons. The molecule has 2 rings (SSSR count). The van der Waals surface area contributed by atoms with Gasteiger partial charge in [-0.05, 0) is 43.5 Å². The lowest BCUT2D eigenvalue weighted by molar-refractivity contribution is -0.126. The zero-order valence-corrected chi connectivity index (χ0v) is 13.5. The Bertz CT molecular complexity index is 522. The van der Waals surface area contributed by atoms with Gasteiger partial charge in [-0.15, -0.1) is 0 Å². The highest BCUT2D eigenvalue weighted by Gasteiger charge is 2.27. The van der Waals surface area contributed by atoms with E-state index >= 15 is 0 Å². The molecule has 1 aliphatic rings. The van der Waals surface area contributed by atoms with Crippen LogP contribution in [0.4, 0.5) is 0 Å². The summed E-state index contributed by atoms with van der Waals surface area (Å²) in [7, 11) is 1.59. The van der Waals surface area contributed by atoms with Crippen molar-refractivity contribution in [3.05, 3.63) is 29.8 Å². The first-order valence-electron chi connectivity index (χ1n) is 7.97. The van der Waals surface area contributed by atoms with Crippen LogP contribution in [0, 0.1) is 5.92 Å². The molecule has 2 amide bonds. The van der Waals surface area contributed by atoms with E-state index in [2.05, 4.69) is 5.32 Å². The largest absolute Gasteiger partial charge is 0.497 e. The Hall–Kier alpha value is -2.08. The van der Waals surface area contributed by atoms with E-state index in [1.165, 1.54) is 0 Å². The average Bonchev–Trinajstić information content (AvgIpc) is 2.61. The number of aliphatic hydroxyl groups excluding tert-OH is 1. The number of hydrogen-bond acceptors (Lipinski definition) is 4. The number of carbonyl (C=O) groups is 2. The fraction of sp³-hybridized carbons (Fsp3) is 0.529. The van der Waals surface area contributed by atoms with Crippen molar-refractivity contribution in [1.82, 2.24) is 10.2 Å². The first-order chi connectivity index (χ1) is 11.2. The van der Waals surface area contributed by atoms with Gasteiger partial charge in [0.15, 0.2) is 0 Å². The SMILES string of the molecule is COc1ccc(C(=O)N2CCC(C(=O)NCCCO)CC2)cc1. The number of aliphatic hydroxyl groups is 1. The molecule has 0 aliphatic carbocycles. The molecule has 1 aliphatic heterocycles. The summed E-state index contributed by atoms with van der Waals surface area (Å²) in [6.45, 7) is 1.75. The van der Waals surface area contributed by atoms with E-state index in [1.54, 1.807) is 36.3 Å². The van der Waals surface area contributed by atoms with Crippen molar-refractivity contribution in [3.8, 4) is 5.75 Å². The molecule has 0 saturated carbocycles. The van der Waals surface area contributed by atoms with Crippen molar-refractivity contribution in [3.63, 3.8) is 0 Å². The zero-order valence-electron chi connectivity index (χ0n) is 13.5. The Morgan fingerprint density at radius 1 is 1.26 bits per heavy atom. The van der Waals surface area contributed by atoms with Gasteiger partial charge in [0.1, 0.15) is 5.75 Å². The minimum atomic E-state index is -0.0476. The lowest BCUT2D eigenvalue weighted by Crippen LogP contribution is -2.43. The molecule has 0 bridgehead atoms. The van der Waals surface area contributed by atoms with E-state index in [4.69, 9.17) is 9.84 Å². The van der Waals surface area contributed by atoms with Crippen LogP contribution in [0.1, 0.15) is 29.6 Å². The summed E-state index contributed by atoms with van der Waals surface area (Å²) >= 11 is 0. The third-order valence-electron chi connectivity index (χ3n) is 4.12. The number of nitrogens with one attached hydrogen (secondary N) is 1. The molecule has 1 aromatic carbocycles. The molecular weight excluding hydrogens is 296 g/mol. The van der Waals surface area contributed by atoms with Crippen LogP contribution in [0.2, 0.25) is 0 Å². The van der Waals surface area contributed by atoms with Crippen LogP contribution in [-0.2, 0) is 4.79 Å². The maximum absolute atomic E-state index is 12.4. The van der Waals surface area contributed by atoms with Gasteiger partial charge in [-0.3, -0.25) is 9.59 Å². The van der Waals surface area contributed by atoms with E-state index in [-0.39, 0.29) is 24.3 Å². The van der Waals surface area contributed by atoms with Crippen molar-refractivity contribution in [2.24, 2.45) is 5.92 Å². The maximum atomic E-state index is 12.4. The lowest BCUT2D eigenvalue weighted by atomic mass is 9.95. The molecule has 2 N–H and O–H groups in total. The number of carbonyl (C=O) groups excluding carboxylic acids is 2. The summed E-state index contributed by atoms with van der Waals surface area (Å²) in [5.74, 6) is 0.690. The first kappa shape index (κ1) is 17.3. The molecule has 6 nitrogen and oxygen atoms in total. The monoisotopic (exact) mass is 320 g/mol. The molecule has 0 spiro atoms. The third-order valence-corrected chi connectivity index (χ3v) is 4.12. The number of piperidine rings is 1. The predicted octanol–water partition coefficient (Wildman–Crippen LogP) is 1.05. The molecular formula is C17H24N2O4. The Morgan fingerprint density at radius 3 is 2.48 bits per heavy atom. The molecule has 1 heterocycles. The number of rotatable bonds is 6. The number of benzene rings is 1. The molecule has 0 aromatic heterocycles.